The molecule has 0 fully saturated rings. The van der Waals surface area contributed by atoms with Crippen molar-refractivity contribution in [2.24, 2.45) is 0 Å². The second-order valence-corrected chi connectivity index (χ2v) is 7.02. The fourth-order valence-electron chi connectivity index (χ4n) is 3.91. The quantitative estimate of drug-likeness (QED) is 0.178. The topological polar surface area (TPSA) is 0 Å². The molecule has 0 N–H and O–H groups in total. The van der Waals surface area contributed by atoms with E-state index in [0.717, 1.165) is 0 Å². The van der Waals surface area contributed by atoms with Crippen LogP contribution >= 0.6 is 0 Å². The van der Waals surface area contributed by atoms with Crippen molar-refractivity contribution in [3.8, 4) is 0 Å². The van der Waals surface area contributed by atoms with Crippen LogP contribution in [-0.4, -0.2) is 0 Å². The molecule has 0 aliphatic carbocycles. The smallest absolute Gasteiger partial charge is 0 e. The van der Waals surface area contributed by atoms with E-state index in [1.54, 1.807) is 0 Å². The van der Waals surface area contributed by atoms with Gasteiger partial charge in [0.15, 0.2) is 0 Å². The van der Waals surface area contributed by atoms with Gasteiger partial charge in [0.25, 0.3) is 0 Å². The summed E-state index contributed by atoms with van der Waals surface area (Å²) in [6.07, 6.45) is 0. The van der Waals surface area contributed by atoms with Crippen molar-refractivity contribution in [1.29, 1.82) is 0 Å². The summed E-state index contributed by atoms with van der Waals surface area (Å²) in [6, 6.07) is 42.7. The van der Waals surface area contributed by atoms with Gasteiger partial charge in [-0.15, -0.1) is 0 Å². The maximum Gasteiger partial charge on any atom is 0 e. The first kappa shape index (κ1) is 19.4. The van der Waals surface area contributed by atoms with Gasteiger partial charge >= 0.3 is 0 Å². The van der Waals surface area contributed by atoms with Crippen LogP contribution in [0.2, 0.25) is 0 Å². The maximum absolute atomic E-state index is 2.18. The molecular weight excluding hydrogens is 384 g/mol. The van der Waals surface area contributed by atoms with E-state index in [0.29, 0.717) is 0 Å². The summed E-state index contributed by atoms with van der Waals surface area (Å²) in [5, 5.41) is 10.6. The van der Waals surface area contributed by atoms with Gasteiger partial charge in [0, 0.05) is 21.7 Å². The molecule has 6 aromatic carbocycles. The molecule has 6 rings (SSSR count). The molecule has 1 heteroatoms. The molecule has 0 spiro atoms. The Morgan fingerprint density at radius 2 is 0.448 bits per heavy atom. The van der Waals surface area contributed by atoms with Crippen molar-refractivity contribution >= 4 is 43.1 Å². The van der Waals surface area contributed by atoms with Crippen molar-refractivity contribution < 1.29 is 21.7 Å². The zero-order chi connectivity index (χ0) is 18.8. The van der Waals surface area contributed by atoms with Crippen LogP contribution < -0.4 is 0 Å². The van der Waals surface area contributed by atoms with Gasteiger partial charge in [-0.05, 0) is 43.1 Å². The van der Waals surface area contributed by atoms with Gasteiger partial charge in [0.1, 0.15) is 0 Å². The van der Waals surface area contributed by atoms with Crippen LogP contribution in [0.4, 0.5) is 0 Å². The van der Waals surface area contributed by atoms with Crippen molar-refractivity contribution in [2.75, 3.05) is 0 Å². The third-order valence-electron chi connectivity index (χ3n) is 5.31. The van der Waals surface area contributed by atoms with Crippen LogP contribution in [0, 0.1) is 0 Å². The molecule has 0 aromatic heterocycles. The first-order chi connectivity index (χ1) is 13.9. The van der Waals surface area contributed by atoms with E-state index in [1.807, 2.05) is 0 Å². The monoisotopic (exact) mass is 404 g/mol. The minimum atomic E-state index is 0. The summed E-state index contributed by atoms with van der Waals surface area (Å²) in [4.78, 5) is 0. The molecule has 136 valence electrons. The Morgan fingerprint density at radius 3 is 0.690 bits per heavy atom. The van der Waals surface area contributed by atoms with Gasteiger partial charge in [-0.1, -0.05) is 121 Å². The van der Waals surface area contributed by atoms with Gasteiger partial charge < -0.3 is 0 Å². The second-order valence-electron chi connectivity index (χ2n) is 7.02. The molecule has 29 heavy (non-hydrogen) atoms. The minimum Gasteiger partial charge on any atom is -0.0616 e. The number of rotatable bonds is 0. The summed E-state index contributed by atoms with van der Waals surface area (Å²) >= 11 is 0. The molecule has 0 atom stereocenters. The molecule has 6 aromatic rings. The first-order valence-electron chi connectivity index (χ1n) is 9.63. The molecule has 0 amide bonds. The summed E-state index contributed by atoms with van der Waals surface area (Å²) in [7, 11) is 0. The van der Waals surface area contributed by atoms with E-state index in [9.17, 15) is 0 Å². The summed E-state index contributed by atoms with van der Waals surface area (Å²) in [6.45, 7) is 0. The van der Waals surface area contributed by atoms with Crippen molar-refractivity contribution in [1.82, 2.24) is 0 Å². The Hall–Kier alpha value is -2.93. The van der Waals surface area contributed by atoms with Crippen LogP contribution in [0.1, 0.15) is 0 Å². The largest absolute Gasteiger partial charge is 0.0616 e. The van der Waals surface area contributed by atoms with E-state index < -0.39 is 0 Å². The Morgan fingerprint density at radius 1 is 0.241 bits per heavy atom. The molecule has 0 unspecified atom stereocenters. The fraction of sp³-hybridized carbons (Fsp3) is 0. The molecule has 0 aliphatic heterocycles. The van der Waals surface area contributed by atoms with E-state index in [1.165, 1.54) is 43.1 Å². The molecular formula is C28H20Ti. The number of benzene rings is 6. The molecule has 0 bridgehead atoms. The minimum absolute atomic E-state index is 0. The summed E-state index contributed by atoms with van der Waals surface area (Å²) < 4.78 is 0. The van der Waals surface area contributed by atoms with Crippen LogP contribution in [0.5, 0.6) is 0 Å². The van der Waals surface area contributed by atoms with Crippen molar-refractivity contribution in [3.63, 3.8) is 0 Å². The SMILES string of the molecule is [Ti].c1ccc2c(c1)ccc1ccccc12.c1ccc2c(c1)ccc1ccccc12. The van der Waals surface area contributed by atoms with Crippen molar-refractivity contribution in [2.45, 2.75) is 0 Å². The average Bonchev–Trinajstić information content (AvgIpc) is 2.79. The predicted octanol–water partition coefficient (Wildman–Crippen LogP) is 7.98. The van der Waals surface area contributed by atoms with E-state index in [4.69, 9.17) is 0 Å². The Bertz CT molecular complexity index is 1200. The van der Waals surface area contributed by atoms with Gasteiger partial charge in [-0.25, -0.2) is 0 Å². The zero-order valence-corrected chi connectivity index (χ0v) is 17.6. The van der Waals surface area contributed by atoms with E-state index in [-0.39, 0.29) is 21.7 Å². The maximum atomic E-state index is 2.18. The van der Waals surface area contributed by atoms with E-state index in [2.05, 4.69) is 121 Å². The van der Waals surface area contributed by atoms with Crippen LogP contribution in [-0.2, 0) is 21.7 Å². The molecule has 0 aliphatic rings. The summed E-state index contributed by atoms with van der Waals surface area (Å²) in [5.41, 5.74) is 0. The molecule has 0 heterocycles. The van der Waals surface area contributed by atoms with Gasteiger partial charge in [-0.2, -0.15) is 0 Å². The first-order valence-corrected chi connectivity index (χ1v) is 9.63. The van der Waals surface area contributed by atoms with Crippen LogP contribution in [0.15, 0.2) is 121 Å². The third kappa shape index (κ3) is 3.83. The number of hydrogen-bond acceptors (Lipinski definition) is 0. The molecule has 0 radical (unpaired) electrons. The van der Waals surface area contributed by atoms with Crippen molar-refractivity contribution in [3.05, 3.63) is 121 Å². The second kappa shape index (κ2) is 8.61. The summed E-state index contributed by atoms with van der Waals surface area (Å²) in [5.74, 6) is 0. The average molecular weight is 404 g/mol. The molecule has 0 saturated carbocycles. The van der Waals surface area contributed by atoms with Gasteiger partial charge in [-0.3, -0.25) is 0 Å². The number of fused-ring (bicyclic) bond motifs is 6. The fourth-order valence-corrected chi connectivity index (χ4v) is 3.91. The molecule has 0 nitrogen and oxygen atoms in total. The van der Waals surface area contributed by atoms with Gasteiger partial charge in [0.2, 0.25) is 0 Å². The van der Waals surface area contributed by atoms with Crippen LogP contribution in [0.3, 0.4) is 0 Å². The van der Waals surface area contributed by atoms with Gasteiger partial charge in [0.05, 0.1) is 0 Å². The Kier molecular flexibility index (Phi) is 5.76. The predicted molar refractivity (Wildman–Crippen MR) is 123 cm³/mol. The Balaban J connectivity index is 0.000000137. The third-order valence-corrected chi connectivity index (χ3v) is 5.31. The Labute approximate surface area is 185 Å². The van der Waals surface area contributed by atoms with E-state index >= 15 is 0 Å². The number of hydrogen-bond donors (Lipinski definition) is 0. The zero-order valence-electron chi connectivity index (χ0n) is 16.0. The molecule has 0 saturated heterocycles. The van der Waals surface area contributed by atoms with Crippen LogP contribution in [0.25, 0.3) is 43.1 Å². The normalized spacial score (nSPS) is 10.5. The standard InChI is InChI=1S/2C14H10.Ti/c2*1-3-7-13-11(5-1)9-10-12-6-2-4-8-14(12)13;/h2*1-10H;.